The zero-order chi connectivity index (χ0) is 10.1. The first kappa shape index (κ1) is 9.33. The van der Waals surface area contributed by atoms with Gasteiger partial charge in [0, 0.05) is 5.92 Å². The Morgan fingerprint density at radius 3 is 2.60 bits per heavy atom. The van der Waals surface area contributed by atoms with Crippen molar-refractivity contribution in [2.24, 2.45) is 0 Å². The Balaban J connectivity index is 1.62. The minimum atomic E-state index is 0.560. The summed E-state index contributed by atoms with van der Waals surface area (Å²) in [5, 5.41) is 8.26. The SMILES string of the molecule is C1CC(c2nnc(CN3CCCC3)o2)C1. The van der Waals surface area contributed by atoms with Crippen molar-refractivity contribution in [1.82, 2.24) is 15.1 Å². The molecule has 4 nitrogen and oxygen atoms in total. The largest absolute Gasteiger partial charge is 0.424 e. The molecule has 0 spiro atoms. The summed E-state index contributed by atoms with van der Waals surface area (Å²) in [6, 6.07) is 0. The number of rotatable bonds is 3. The fourth-order valence-electron chi connectivity index (χ4n) is 2.28. The van der Waals surface area contributed by atoms with E-state index in [1.54, 1.807) is 0 Å². The fraction of sp³-hybridized carbons (Fsp3) is 0.818. The van der Waals surface area contributed by atoms with Crippen LogP contribution in [0.15, 0.2) is 4.42 Å². The van der Waals surface area contributed by atoms with Gasteiger partial charge in [0.15, 0.2) is 0 Å². The number of aromatic nitrogens is 2. The van der Waals surface area contributed by atoms with Crippen LogP contribution in [0.25, 0.3) is 0 Å². The highest BCUT2D eigenvalue weighted by Gasteiger charge is 2.25. The van der Waals surface area contributed by atoms with Gasteiger partial charge in [-0.1, -0.05) is 6.42 Å². The standard InChI is InChI=1S/C11H17N3O/c1-2-7-14(6-1)8-10-12-13-11(15-10)9-4-3-5-9/h9H,1-8H2. The second-order valence-electron chi connectivity index (χ2n) is 4.65. The molecule has 3 rings (SSSR count). The number of nitrogens with zero attached hydrogens (tertiary/aromatic N) is 3. The molecule has 0 N–H and O–H groups in total. The lowest BCUT2D eigenvalue weighted by molar-refractivity contribution is 0.270. The lowest BCUT2D eigenvalue weighted by Crippen LogP contribution is -2.18. The molecule has 0 bridgehead atoms. The summed E-state index contributed by atoms with van der Waals surface area (Å²) in [5.41, 5.74) is 0. The van der Waals surface area contributed by atoms with Crippen LogP contribution in [0.5, 0.6) is 0 Å². The third-order valence-corrected chi connectivity index (χ3v) is 3.49. The number of likely N-dealkylation sites (tertiary alicyclic amines) is 1. The van der Waals surface area contributed by atoms with Crippen LogP contribution in [0.1, 0.15) is 49.8 Å². The zero-order valence-corrected chi connectivity index (χ0v) is 8.98. The van der Waals surface area contributed by atoms with Crippen LogP contribution in [0, 0.1) is 0 Å². The van der Waals surface area contributed by atoms with Gasteiger partial charge < -0.3 is 4.42 Å². The topological polar surface area (TPSA) is 42.2 Å². The lowest BCUT2D eigenvalue weighted by atomic mass is 9.85. The maximum atomic E-state index is 5.69. The first-order valence-corrected chi connectivity index (χ1v) is 5.96. The van der Waals surface area contributed by atoms with E-state index in [4.69, 9.17) is 4.42 Å². The third-order valence-electron chi connectivity index (χ3n) is 3.49. The molecular formula is C11H17N3O. The van der Waals surface area contributed by atoms with E-state index in [0.29, 0.717) is 5.92 Å². The molecule has 0 aromatic carbocycles. The van der Waals surface area contributed by atoms with Crippen molar-refractivity contribution < 1.29 is 4.42 Å². The van der Waals surface area contributed by atoms with Crippen molar-refractivity contribution >= 4 is 0 Å². The minimum Gasteiger partial charge on any atom is -0.424 e. The Hall–Kier alpha value is -0.900. The molecule has 0 unspecified atom stereocenters. The van der Waals surface area contributed by atoms with Gasteiger partial charge in [0.2, 0.25) is 11.8 Å². The molecule has 1 aliphatic heterocycles. The molecule has 1 saturated carbocycles. The second kappa shape index (κ2) is 3.93. The minimum absolute atomic E-state index is 0.560. The summed E-state index contributed by atoms with van der Waals surface area (Å²) < 4.78 is 5.69. The summed E-state index contributed by atoms with van der Waals surface area (Å²) in [6.45, 7) is 3.21. The molecule has 82 valence electrons. The van der Waals surface area contributed by atoms with Gasteiger partial charge in [0.25, 0.3) is 0 Å². The molecule has 0 radical (unpaired) electrons. The summed E-state index contributed by atoms with van der Waals surface area (Å²) in [7, 11) is 0. The van der Waals surface area contributed by atoms with Crippen molar-refractivity contribution in [2.45, 2.75) is 44.6 Å². The van der Waals surface area contributed by atoms with E-state index in [-0.39, 0.29) is 0 Å². The third kappa shape index (κ3) is 1.91. The maximum Gasteiger partial charge on any atom is 0.230 e. The molecule has 1 aromatic rings. The van der Waals surface area contributed by atoms with Crippen molar-refractivity contribution in [1.29, 1.82) is 0 Å². The second-order valence-corrected chi connectivity index (χ2v) is 4.65. The van der Waals surface area contributed by atoms with Gasteiger partial charge in [-0.25, -0.2) is 0 Å². The van der Waals surface area contributed by atoms with E-state index in [0.717, 1.165) is 18.3 Å². The summed E-state index contributed by atoms with van der Waals surface area (Å²) >= 11 is 0. The number of hydrogen-bond acceptors (Lipinski definition) is 4. The monoisotopic (exact) mass is 207 g/mol. The summed E-state index contributed by atoms with van der Waals surface area (Å²) in [6.07, 6.45) is 6.39. The van der Waals surface area contributed by atoms with Crippen LogP contribution in [0.3, 0.4) is 0 Å². The van der Waals surface area contributed by atoms with Crippen LogP contribution < -0.4 is 0 Å². The van der Waals surface area contributed by atoms with Crippen molar-refractivity contribution in [3.63, 3.8) is 0 Å². The summed E-state index contributed by atoms with van der Waals surface area (Å²) in [4.78, 5) is 2.39. The van der Waals surface area contributed by atoms with Gasteiger partial charge in [0.05, 0.1) is 6.54 Å². The van der Waals surface area contributed by atoms with E-state index in [1.807, 2.05) is 0 Å². The van der Waals surface area contributed by atoms with Crippen LogP contribution >= 0.6 is 0 Å². The highest BCUT2D eigenvalue weighted by molar-refractivity contribution is 4.96. The van der Waals surface area contributed by atoms with E-state index < -0.39 is 0 Å². The fourth-order valence-corrected chi connectivity index (χ4v) is 2.28. The van der Waals surface area contributed by atoms with Crippen LogP contribution in [-0.4, -0.2) is 28.2 Å². The highest BCUT2D eigenvalue weighted by Crippen LogP contribution is 2.35. The predicted octanol–water partition coefficient (Wildman–Crippen LogP) is 1.93. The van der Waals surface area contributed by atoms with Gasteiger partial charge in [-0.05, 0) is 38.8 Å². The van der Waals surface area contributed by atoms with Crippen molar-refractivity contribution in [2.75, 3.05) is 13.1 Å². The molecule has 4 heteroatoms. The Bertz CT molecular complexity index is 326. The Morgan fingerprint density at radius 1 is 1.13 bits per heavy atom. The molecule has 0 atom stereocenters. The molecule has 2 aliphatic rings. The molecule has 2 fully saturated rings. The zero-order valence-electron chi connectivity index (χ0n) is 8.98. The van der Waals surface area contributed by atoms with Gasteiger partial charge in [0.1, 0.15) is 0 Å². The van der Waals surface area contributed by atoms with Gasteiger partial charge in [-0.15, -0.1) is 10.2 Å². The molecule has 15 heavy (non-hydrogen) atoms. The quantitative estimate of drug-likeness (QED) is 0.759. The van der Waals surface area contributed by atoms with Gasteiger partial charge >= 0.3 is 0 Å². The summed E-state index contributed by atoms with van der Waals surface area (Å²) in [5.74, 6) is 2.24. The van der Waals surface area contributed by atoms with Gasteiger partial charge in [-0.3, -0.25) is 4.90 Å². The van der Waals surface area contributed by atoms with Crippen LogP contribution in [-0.2, 0) is 6.54 Å². The smallest absolute Gasteiger partial charge is 0.230 e. The van der Waals surface area contributed by atoms with E-state index in [9.17, 15) is 0 Å². The first-order valence-electron chi connectivity index (χ1n) is 5.96. The van der Waals surface area contributed by atoms with E-state index in [2.05, 4.69) is 15.1 Å². The molecule has 0 amide bonds. The molecular weight excluding hydrogens is 190 g/mol. The van der Waals surface area contributed by atoms with E-state index >= 15 is 0 Å². The molecule has 1 saturated heterocycles. The van der Waals surface area contributed by atoms with Crippen LogP contribution in [0.2, 0.25) is 0 Å². The molecule has 2 heterocycles. The van der Waals surface area contributed by atoms with E-state index in [1.165, 1.54) is 45.2 Å². The first-order chi connectivity index (χ1) is 7.42. The lowest BCUT2D eigenvalue weighted by Gasteiger charge is -2.20. The van der Waals surface area contributed by atoms with Crippen LogP contribution in [0.4, 0.5) is 0 Å². The van der Waals surface area contributed by atoms with Gasteiger partial charge in [-0.2, -0.15) is 0 Å². The van der Waals surface area contributed by atoms with Crippen molar-refractivity contribution in [3.05, 3.63) is 11.8 Å². The normalized spacial score (nSPS) is 23.2. The Labute approximate surface area is 89.7 Å². The Morgan fingerprint density at radius 2 is 1.93 bits per heavy atom. The Kier molecular flexibility index (Phi) is 2.44. The van der Waals surface area contributed by atoms with Crippen molar-refractivity contribution in [3.8, 4) is 0 Å². The average molecular weight is 207 g/mol. The predicted molar refractivity (Wildman–Crippen MR) is 55.4 cm³/mol. The maximum absolute atomic E-state index is 5.69. The number of hydrogen-bond donors (Lipinski definition) is 0. The molecule has 1 aliphatic carbocycles. The average Bonchev–Trinajstić information content (AvgIpc) is 2.75. The molecule has 1 aromatic heterocycles. The highest BCUT2D eigenvalue weighted by atomic mass is 16.4.